The van der Waals surface area contributed by atoms with Gasteiger partial charge in [0.25, 0.3) is 0 Å². The lowest BCUT2D eigenvalue weighted by atomic mass is 10.2. The smallest absolute Gasteiger partial charge is 0.227 e. The van der Waals surface area contributed by atoms with Crippen LogP contribution in [-0.2, 0) is 9.84 Å². The summed E-state index contributed by atoms with van der Waals surface area (Å²) in [6.07, 6.45) is 2.30. The van der Waals surface area contributed by atoms with Crippen LogP contribution in [0.2, 0.25) is 0 Å². The van der Waals surface area contributed by atoms with Crippen molar-refractivity contribution in [2.24, 2.45) is 0 Å². The predicted octanol–water partition coefficient (Wildman–Crippen LogP) is 2.24. The van der Waals surface area contributed by atoms with Gasteiger partial charge in [0.1, 0.15) is 11.6 Å². The zero-order valence-corrected chi connectivity index (χ0v) is 15.2. The minimum atomic E-state index is -2.95. The van der Waals surface area contributed by atoms with Crippen molar-refractivity contribution in [3.05, 3.63) is 36.5 Å². The molecule has 1 atom stereocenters. The van der Waals surface area contributed by atoms with Crippen molar-refractivity contribution >= 4 is 27.3 Å². The largest absolute Gasteiger partial charge is 0.497 e. The highest BCUT2D eigenvalue weighted by Crippen LogP contribution is 2.24. The summed E-state index contributed by atoms with van der Waals surface area (Å²) >= 11 is 0. The van der Waals surface area contributed by atoms with E-state index in [-0.39, 0.29) is 17.5 Å². The number of aromatic nitrogens is 2. The van der Waals surface area contributed by atoms with E-state index in [1.165, 1.54) is 0 Å². The Morgan fingerprint density at radius 1 is 1.28 bits per heavy atom. The average Bonchev–Trinajstić information content (AvgIpc) is 2.96. The van der Waals surface area contributed by atoms with Crippen molar-refractivity contribution in [1.82, 2.24) is 9.97 Å². The molecular weight excluding hydrogens is 340 g/mol. The van der Waals surface area contributed by atoms with Gasteiger partial charge < -0.3 is 15.0 Å². The standard InChI is InChI=1S/C17H22N4O3S/c1-3-21(14-9-11-25(22,23)12-14)17-18-10-8-16(20-17)19-13-4-6-15(24-2)7-5-13/h4-8,10,14H,3,9,11-12H2,1-2H3,(H,18,19,20). The highest BCUT2D eigenvalue weighted by Gasteiger charge is 2.32. The number of anilines is 3. The maximum absolute atomic E-state index is 11.8. The van der Waals surface area contributed by atoms with Crippen LogP contribution in [0.25, 0.3) is 0 Å². The molecule has 0 radical (unpaired) electrons. The van der Waals surface area contributed by atoms with Crippen molar-refractivity contribution in [2.45, 2.75) is 19.4 Å². The van der Waals surface area contributed by atoms with E-state index in [0.29, 0.717) is 24.7 Å². The minimum absolute atomic E-state index is 0.0637. The van der Waals surface area contributed by atoms with Crippen LogP contribution in [0, 0.1) is 0 Å². The van der Waals surface area contributed by atoms with E-state index in [9.17, 15) is 8.42 Å². The lowest BCUT2D eigenvalue weighted by Crippen LogP contribution is -2.37. The number of nitrogens with one attached hydrogen (secondary N) is 1. The molecule has 0 amide bonds. The molecule has 134 valence electrons. The fourth-order valence-electron chi connectivity index (χ4n) is 2.96. The highest BCUT2D eigenvalue weighted by molar-refractivity contribution is 7.91. The lowest BCUT2D eigenvalue weighted by molar-refractivity contribution is 0.415. The molecule has 1 fully saturated rings. The molecule has 1 aromatic carbocycles. The minimum Gasteiger partial charge on any atom is -0.497 e. The van der Waals surface area contributed by atoms with Crippen LogP contribution in [0.4, 0.5) is 17.5 Å². The Balaban J connectivity index is 1.77. The molecule has 1 saturated heterocycles. The van der Waals surface area contributed by atoms with Crippen LogP contribution in [0.5, 0.6) is 5.75 Å². The molecule has 2 aromatic rings. The van der Waals surface area contributed by atoms with Gasteiger partial charge in [0, 0.05) is 24.5 Å². The molecule has 7 nitrogen and oxygen atoms in total. The second kappa shape index (κ2) is 7.26. The molecule has 1 aliphatic heterocycles. The van der Waals surface area contributed by atoms with Crippen molar-refractivity contribution in [3.8, 4) is 5.75 Å². The summed E-state index contributed by atoms with van der Waals surface area (Å²) in [6, 6.07) is 9.26. The van der Waals surface area contributed by atoms with Crippen LogP contribution in [-0.4, -0.2) is 49.6 Å². The second-order valence-electron chi connectivity index (χ2n) is 5.94. The number of rotatable bonds is 6. The Labute approximate surface area is 148 Å². The molecule has 2 heterocycles. The third kappa shape index (κ3) is 4.19. The fourth-order valence-corrected chi connectivity index (χ4v) is 4.69. The predicted molar refractivity (Wildman–Crippen MR) is 98.4 cm³/mol. The number of sulfone groups is 1. The number of hydrogen-bond acceptors (Lipinski definition) is 7. The molecule has 0 aliphatic carbocycles. The van der Waals surface area contributed by atoms with Crippen molar-refractivity contribution in [1.29, 1.82) is 0 Å². The molecule has 1 aliphatic rings. The van der Waals surface area contributed by atoms with E-state index in [0.717, 1.165) is 11.4 Å². The third-order valence-electron chi connectivity index (χ3n) is 4.25. The monoisotopic (exact) mass is 362 g/mol. The van der Waals surface area contributed by atoms with Gasteiger partial charge in [-0.05, 0) is 43.7 Å². The van der Waals surface area contributed by atoms with Gasteiger partial charge in [-0.25, -0.2) is 13.4 Å². The van der Waals surface area contributed by atoms with E-state index in [1.807, 2.05) is 36.1 Å². The Morgan fingerprint density at radius 3 is 2.64 bits per heavy atom. The number of nitrogens with zero attached hydrogens (tertiary/aromatic N) is 3. The maximum atomic E-state index is 11.8. The maximum Gasteiger partial charge on any atom is 0.227 e. The average molecular weight is 362 g/mol. The zero-order chi connectivity index (χ0) is 17.9. The molecule has 8 heteroatoms. The van der Waals surface area contributed by atoms with E-state index < -0.39 is 9.84 Å². The van der Waals surface area contributed by atoms with Crippen LogP contribution < -0.4 is 15.0 Å². The SMILES string of the molecule is CCN(c1nccc(Nc2ccc(OC)cc2)n1)C1CCS(=O)(=O)C1. The first-order valence-electron chi connectivity index (χ1n) is 8.22. The quantitative estimate of drug-likeness (QED) is 0.843. The van der Waals surface area contributed by atoms with Crippen LogP contribution >= 0.6 is 0 Å². The van der Waals surface area contributed by atoms with E-state index in [4.69, 9.17) is 4.74 Å². The summed E-state index contributed by atoms with van der Waals surface area (Å²) in [5.74, 6) is 2.39. The first-order chi connectivity index (χ1) is 12.0. The van der Waals surface area contributed by atoms with E-state index in [2.05, 4.69) is 15.3 Å². The number of benzene rings is 1. The Hall–Kier alpha value is -2.35. The summed E-state index contributed by atoms with van der Waals surface area (Å²) in [5, 5.41) is 3.23. The fraction of sp³-hybridized carbons (Fsp3) is 0.412. The summed E-state index contributed by atoms with van der Waals surface area (Å²) in [4.78, 5) is 10.8. The molecule has 0 saturated carbocycles. The van der Waals surface area contributed by atoms with Crippen LogP contribution in [0.3, 0.4) is 0 Å². The second-order valence-corrected chi connectivity index (χ2v) is 8.17. The third-order valence-corrected chi connectivity index (χ3v) is 6.00. The number of ether oxygens (including phenoxy) is 1. The molecule has 1 unspecified atom stereocenters. The summed E-state index contributed by atoms with van der Waals surface area (Å²) in [7, 11) is -1.32. The van der Waals surface area contributed by atoms with Gasteiger partial charge in [-0.2, -0.15) is 4.98 Å². The van der Waals surface area contributed by atoms with Crippen LogP contribution in [0.15, 0.2) is 36.5 Å². The normalized spacial score (nSPS) is 18.7. The van der Waals surface area contributed by atoms with Crippen molar-refractivity contribution < 1.29 is 13.2 Å². The Bertz CT molecular complexity index is 824. The van der Waals surface area contributed by atoms with Crippen molar-refractivity contribution in [3.63, 3.8) is 0 Å². The molecule has 0 spiro atoms. The van der Waals surface area contributed by atoms with E-state index in [1.54, 1.807) is 19.4 Å². The molecular formula is C17H22N4O3S. The first-order valence-corrected chi connectivity index (χ1v) is 10.0. The molecule has 1 N–H and O–H groups in total. The summed E-state index contributed by atoms with van der Waals surface area (Å²) < 4.78 is 28.7. The van der Waals surface area contributed by atoms with E-state index >= 15 is 0 Å². The Kier molecular flexibility index (Phi) is 5.08. The lowest BCUT2D eigenvalue weighted by Gasteiger charge is -2.26. The molecule has 0 bridgehead atoms. The molecule has 25 heavy (non-hydrogen) atoms. The van der Waals surface area contributed by atoms with Gasteiger partial charge >= 0.3 is 0 Å². The number of methoxy groups -OCH3 is 1. The topological polar surface area (TPSA) is 84.4 Å². The van der Waals surface area contributed by atoms with Gasteiger partial charge in [0.05, 0.1) is 18.6 Å². The zero-order valence-electron chi connectivity index (χ0n) is 14.3. The van der Waals surface area contributed by atoms with Crippen molar-refractivity contribution in [2.75, 3.05) is 35.4 Å². The van der Waals surface area contributed by atoms with Gasteiger partial charge in [-0.1, -0.05) is 0 Å². The first kappa shape index (κ1) is 17.5. The van der Waals surface area contributed by atoms with Gasteiger partial charge in [0.2, 0.25) is 5.95 Å². The summed E-state index contributed by atoms with van der Waals surface area (Å²) in [6.45, 7) is 2.64. The van der Waals surface area contributed by atoms with Gasteiger partial charge in [-0.15, -0.1) is 0 Å². The van der Waals surface area contributed by atoms with Gasteiger partial charge in [0.15, 0.2) is 9.84 Å². The van der Waals surface area contributed by atoms with Crippen LogP contribution in [0.1, 0.15) is 13.3 Å². The Morgan fingerprint density at radius 2 is 2.04 bits per heavy atom. The molecule has 3 rings (SSSR count). The molecule has 1 aromatic heterocycles. The highest BCUT2D eigenvalue weighted by atomic mass is 32.2. The summed E-state index contributed by atoms with van der Waals surface area (Å²) in [5.41, 5.74) is 0.886. The number of hydrogen-bond donors (Lipinski definition) is 1. The van der Waals surface area contributed by atoms with Gasteiger partial charge in [-0.3, -0.25) is 0 Å².